The first kappa shape index (κ1) is 9.47. The van der Waals surface area contributed by atoms with Crippen LogP contribution in [0.25, 0.3) is 0 Å². The fourth-order valence-electron chi connectivity index (χ4n) is 3.59. The summed E-state index contributed by atoms with van der Waals surface area (Å²) in [7, 11) is 0. The van der Waals surface area contributed by atoms with Gasteiger partial charge in [-0.05, 0) is 37.0 Å². The minimum Gasteiger partial charge on any atom is -0.368 e. The summed E-state index contributed by atoms with van der Waals surface area (Å²) in [5.74, 6) is 0.794. The Labute approximate surface area is 80.0 Å². The number of hydrogen-bond donors (Lipinski definition) is 2. The third kappa shape index (κ3) is 1.75. The normalized spacial score (nSPS) is 39.5. The summed E-state index contributed by atoms with van der Waals surface area (Å²) in [5.41, 5.74) is 0.312. The van der Waals surface area contributed by atoms with Crippen LogP contribution in [0.3, 0.4) is 0 Å². The maximum Gasteiger partial charge on any atom is 0.151 e. The van der Waals surface area contributed by atoms with Crippen molar-refractivity contribution in [2.75, 3.05) is 0 Å². The van der Waals surface area contributed by atoms with Gasteiger partial charge in [-0.15, -0.1) is 0 Å². The van der Waals surface area contributed by atoms with Crippen LogP contribution in [-0.4, -0.2) is 16.5 Å². The summed E-state index contributed by atoms with van der Waals surface area (Å²) < 4.78 is 0. The molecule has 0 aromatic carbocycles. The van der Waals surface area contributed by atoms with E-state index in [1.165, 1.54) is 44.9 Å². The molecular formula is C11H20O2. The van der Waals surface area contributed by atoms with E-state index in [9.17, 15) is 0 Å². The van der Waals surface area contributed by atoms with Crippen molar-refractivity contribution in [3.8, 4) is 0 Å². The van der Waals surface area contributed by atoms with Gasteiger partial charge in [-0.25, -0.2) is 0 Å². The summed E-state index contributed by atoms with van der Waals surface area (Å²) in [6.07, 6.45) is 8.61. The molecule has 76 valence electrons. The monoisotopic (exact) mass is 184 g/mol. The summed E-state index contributed by atoms with van der Waals surface area (Å²) in [6, 6.07) is 0. The predicted octanol–water partition coefficient (Wildman–Crippen LogP) is 2.05. The van der Waals surface area contributed by atoms with Crippen molar-refractivity contribution in [2.45, 2.75) is 57.7 Å². The molecule has 2 unspecified atom stereocenters. The van der Waals surface area contributed by atoms with Gasteiger partial charge in [-0.3, -0.25) is 0 Å². The zero-order chi connectivity index (χ0) is 9.31. The Bertz CT molecular complexity index is 179. The average Bonchev–Trinajstić information content (AvgIpc) is 2.45. The average molecular weight is 184 g/mol. The minimum atomic E-state index is -1.08. The largest absolute Gasteiger partial charge is 0.368 e. The minimum absolute atomic E-state index is 0.312. The van der Waals surface area contributed by atoms with Crippen molar-refractivity contribution in [1.82, 2.24) is 0 Å². The van der Waals surface area contributed by atoms with Crippen molar-refractivity contribution in [2.24, 2.45) is 11.3 Å². The van der Waals surface area contributed by atoms with E-state index in [1.54, 1.807) is 0 Å². The second-order valence-electron chi connectivity index (χ2n) is 4.88. The Morgan fingerprint density at radius 2 is 1.77 bits per heavy atom. The molecule has 0 aliphatic heterocycles. The number of fused-ring (bicyclic) bond motifs is 1. The first-order valence-electron chi connectivity index (χ1n) is 5.59. The van der Waals surface area contributed by atoms with Gasteiger partial charge < -0.3 is 10.2 Å². The molecule has 2 heteroatoms. The molecular weight excluding hydrogens is 164 g/mol. The van der Waals surface area contributed by atoms with Gasteiger partial charge in [0.1, 0.15) is 0 Å². The SMILES string of the molecule is OC(O)CC12CCCCC1CCC2. The summed E-state index contributed by atoms with van der Waals surface area (Å²) in [6.45, 7) is 0. The van der Waals surface area contributed by atoms with Gasteiger partial charge in [-0.1, -0.05) is 19.3 Å². The molecule has 2 nitrogen and oxygen atoms in total. The van der Waals surface area contributed by atoms with E-state index in [-0.39, 0.29) is 0 Å². The molecule has 2 saturated carbocycles. The lowest BCUT2D eigenvalue weighted by Gasteiger charge is -2.40. The van der Waals surface area contributed by atoms with Gasteiger partial charge in [0.05, 0.1) is 0 Å². The Morgan fingerprint density at radius 3 is 2.54 bits per heavy atom. The van der Waals surface area contributed by atoms with Crippen molar-refractivity contribution >= 4 is 0 Å². The highest BCUT2D eigenvalue weighted by atomic mass is 16.5. The van der Waals surface area contributed by atoms with E-state index in [0.717, 1.165) is 5.92 Å². The first-order chi connectivity index (χ1) is 6.23. The van der Waals surface area contributed by atoms with Gasteiger partial charge in [0, 0.05) is 6.42 Å². The van der Waals surface area contributed by atoms with Crippen LogP contribution in [0.2, 0.25) is 0 Å². The van der Waals surface area contributed by atoms with Crippen molar-refractivity contribution < 1.29 is 10.2 Å². The zero-order valence-electron chi connectivity index (χ0n) is 8.21. The Hall–Kier alpha value is -0.0800. The molecule has 2 aliphatic carbocycles. The van der Waals surface area contributed by atoms with Gasteiger partial charge in [-0.2, -0.15) is 0 Å². The van der Waals surface area contributed by atoms with Crippen molar-refractivity contribution in [3.63, 3.8) is 0 Å². The smallest absolute Gasteiger partial charge is 0.151 e. The van der Waals surface area contributed by atoms with Crippen molar-refractivity contribution in [3.05, 3.63) is 0 Å². The van der Waals surface area contributed by atoms with Crippen LogP contribution in [0.1, 0.15) is 51.4 Å². The molecule has 0 radical (unpaired) electrons. The van der Waals surface area contributed by atoms with E-state index in [4.69, 9.17) is 10.2 Å². The molecule has 0 bridgehead atoms. The highest BCUT2D eigenvalue weighted by Gasteiger charge is 2.44. The quantitative estimate of drug-likeness (QED) is 0.645. The molecule has 0 spiro atoms. The van der Waals surface area contributed by atoms with Crippen LogP contribution in [0.5, 0.6) is 0 Å². The van der Waals surface area contributed by atoms with E-state index < -0.39 is 6.29 Å². The lowest BCUT2D eigenvalue weighted by Crippen LogP contribution is -2.33. The standard InChI is InChI=1S/C11H20O2/c12-10(13)8-11-6-2-1-4-9(11)5-3-7-11/h9-10,12-13H,1-8H2. The van der Waals surface area contributed by atoms with Crippen LogP contribution in [-0.2, 0) is 0 Å². The summed E-state index contributed by atoms with van der Waals surface area (Å²) in [5, 5.41) is 18.2. The Kier molecular flexibility index (Phi) is 2.61. The second-order valence-corrected chi connectivity index (χ2v) is 4.88. The first-order valence-corrected chi connectivity index (χ1v) is 5.59. The van der Waals surface area contributed by atoms with Crippen LogP contribution in [0, 0.1) is 11.3 Å². The molecule has 0 saturated heterocycles. The fraction of sp³-hybridized carbons (Fsp3) is 1.00. The molecule has 2 atom stereocenters. The molecule has 0 aromatic heterocycles. The molecule has 2 N–H and O–H groups in total. The Balaban J connectivity index is 2.06. The maximum absolute atomic E-state index is 9.10. The topological polar surface area (TPSA) is 40.5 Å². The Morgan fingerprint density at radius 1 is 1.08 bits per heavy atom. The van der Waals surface area contributed by atoms with Gasteiger partial charge >= 0.3 is 0 Å². The molecule has 0 amide bonds. The van der Waals surface area contributed by atoms with Crippen LogP contribution < -0.4 is 0 Å². The highest BCUT2D eigenvalue weighted by molar-refractivity contribution is 4.94. The molecule has 13 heavy (non-hydrogen) atoms. The summed E-state index contributed by atoms with van der Waals surface area (Å²) >= 11 is 0. The van der Waals surface area contributed by atoms with E-state index in [2.05, 4.69) is 0 Å². The molecule has 2 rings (SSSR count). The molecule has 0 aromatic rings. The van der Waals surface area contributed by atoms with E-state index >= 15 is 0 Å². The summed E-state index contributed by atoms with van der Waals surface area (Å²) in [4.78, 5) is 0. The van der Waals surface area contributed by atoms with Gasteiger partial charge in [0.2, 0.25) is 0 Å². The van der Waals surface area contributed by atoms with Crippen LogP contribution in [0.4, 0.5) is 0 Å². The predicted molar refractivity (Wildman–Crippen MR) is 51.1 cm³/mol. The van der Waals surface area contributed by atoms with E-state index in [1.807, 2.05) is 0 Å². The van der Waals surface area contributed by atoms with Gasteiger partial charge in [0.15, 0.2) is 6.29 Å². The third-order valence-corrected chi connectivity index (χ3v) is 4.16. The zero-order valence-corrected chi connectivity index (χ0v) is 8.21. The van der Waals surface area contributed by atoms with Crippen LogP contribution >= 0.6 is 0 Å². The highest BCUT2D eigenvalue weighted by Crippen LogP contribution is 2.54. The molecule has 0 heterocycles. The molecule has 2 aliphatic rings. The maximum atomic E-state index is 9.10. The molecule has 2 fully saturated rings. The number of hydrogen-bond acceptors (Lipinski definition) is 2. The lowest BCUT2D eigenvalue weighted by molar-refractivity contribution is -0.0869. The van der Waals surface area contributed by atoms with Gasteiger partial charge in [0.25, 0.3) is 0 Å². The third-order valence-electron chi connectivity index (χ3n) is 4.16. The number of rotatable bonds is 2. The van der Waals surface area contributed by atoms with E-state index in [0.29, 0.717) is 11.8 Å². The second kappa shape index (κ2) is 3.58. The lowest BCUT2D eigenvalue weighted by atomic mass is 9.66. The van der Waals surface area contributed by atoms with Crippen molar-refractivity contribution in [1.29, 1.82) is 0 Å². The number of aliphatic hydroxyl groups is 2. The van der Waals surface area contributed by atoms with Crippen LogP contribution in [0.15, 0.2) is 0 Å². The number of aliphatic hydroxyl groups excluding tert-OH is 1. The fourth-order valence-corrected chi connectivity index (χ4v) is 3.59.